The maximum absolute atomic E-state index is 12.4. The van der Waals surface area contributed by atoms with Crippen LogP contribution < -0.4 is 4.74 Å². The third-order valence-electron chi connectivity index (χ3n) is 5.59. The van der Waals surface area contributed by atoms with Crippen LogP contribution in [-0.4, -0.2) is 28.3 Å². The SMILES string of the molecule is CC(C)(C)OC(C(=O)O)c1sc2ccc3ncccc3c2c1-c1ccc2c(c1)CCCO2. The summed E-state index contributed by atoms with van der Waals surface area (Å²) in [6, 6.07) is 14.2. The molecular formula is C26H25NO4S. The van der Waals surface area contributed by atoms with Gasteiger partial charge in [0, 0.05) is 27.2 Å². The molecule has 0 radical (unpaired) electrons. The molecule has 1 N–H and O–H groups in total. The number of pyridine rings is 1. The number of carboxylic acid groups (broad SMARTS) is 1. The van der Waals surface area contributed by atoms with E-state index < -0.39 is 17.7 Å². The number of thiophene rings is 1. The van der Waals surface area contributed by atoms with Crippen LogP contribution in [0.25, 0.3) is 32.1 Å². The van der Waals surface area contributed by atoms with E-state index in [0.29, 0.717) is 4.88 Å². The fraction of sp³-hybridized carbons (Fsp3) is 0.308. The molecule has 0 saturated carbocycles. The second-order valence-electron chi connectivity index (χ2n) is 9.07. The van der Waals surface area contributed by atoms with Crippen molar-refractivity contribution in [3.8, 4) is 16.9 Å². The summed E-state index contributed by atoms with van der Waals surface area (Å²) in [5.74, 6) is -0.0789. The average molecular weight is 448 g/mol. The summed E-state index contributed by atoms with van der Waals surface area (Å²) in [4.78, 5) is 17.6. The zero-order chi connectivity index (χ0) is 22.5. The standard InChI is InChI=1S/C26H25NO4S/c1-26(2,3)31-23(25(28)29)24-21(16-8-10-19-15(14-16)6-5-13-30-19)22-17-7-4-12-27-18(17)9-11-20(22)32-24/h4,7-12,14,23H,5-6,13H2,1-3H3,(H,28,29). The molecular weight excluding hydrogens is 422 g/mol. The molecule has 1 aliphatic rings. The first-order valence-corrected chi connectivity index (χ1v) is 11.6. The molecule has 0 saturated heterocycles. The lowest BCUT2D eigenvalue weighted by molar-refractivity contribution is -0.160. The van der Waals surface area contributed by atoms with Crippen LogP contribution in [-0.2, 0) is 16.0 Å². The van der Waals surface area contributed by atoms with Gasteiger partial charge in [-0.05, 0) is 75.1 Å². The van der Waals surface area contributed by atoms with Gasteiger partial charge in [-0.2, -0.15) is 0 Å². The minimum Gasteiger partial charge on any atom is -0.493 e. The van der Waals surface area contributed by atoms with Gasteiger partial charge in [0.15, 0.2) is 6.10 Å². The molecule has 2 aromatic heterocycles. The lowest BCUT2D eigenvalue weighted by atomic mass is 9.94. The molecule has 4 aromatic rings. The van der Waals surface area contributed by atoms with Crippen molar-refractivity contribution in [2.75, 3.05) is 6.61 Å². The topological polar surface area (TPSA) is 68.7 Å². The fourth-order valence-corrected chi connectivity index (χ4v) is 5.59. The number of fused-ring (bicyclic) bond motifs is 4. The Balaban J connectivity index is 1.83. The fourth-order valence-electron chi connectivity index (χ4n) is 4.32. The van der Waals surface area contributed by atoms with Gasteiger partial charge in [0.2, 0.25) is 0 Å². The van der Waals surface area contributed by atoms with Crippen molar-refractivity contribution in [1.29, 1.82) is 0 Å². The highest BCUT2D eigenvalue weighted by Crippen LogP contribution is 2.47. The second-order valence-corrected chi connectivity index (χ2v) is 10.2. The van der Waals surface area contributed by atoms with Crippen LogP contribution in [0, 0.1) is 0 Å². The van der Waals surface area contributed by atoms with E-state index in [1.54, 1.807) is 6.20 Å². The number of aliphatic carboxylic acids is 1. The van der Waals surface area contributed by atoms with Gasteiger partial charge in [0.1, 0.15) is 5.75 Å². The predicted molar refractivity (Wildman–Crippen MR) is 128 cm³/mol. The first kappa shape index (κ1) is 20.9. The summed E-state index contributed by atoms with van der Waals surface area (Å²) >= 11 is 1.48. The van der Waals surface area contributed by atoms with Crippen molar-refractivity contribution >= 4 is 38.3 Å². The Bertz CT molecular complexity index is 1340. The van der Waals surface area contributed by atoms with Crippen molar-refractivity contribution in [3.05, 3.63) is 59.1 Å². The zero-order valence-electron chi connectivity index (χ0n) is 18.3. The Kier molecular flexibility index (Phi) is 5.14. The number of benzene rings is 2. The number of carboxylic acids is 1. The Morgan fingerprint density at radius 3 is 2.84 bits per heavy atom. The summed E-state index contributed by atoms with van der Waals surface area (Å²) in [7, 11) is 0. The molecule has 1 unspecified atom stereocenters. The Hall–Kier alpha value is -2.96. The number of rotatable bonds is 4. The van der Waals surface area contributed by atoms with Crippen molar-refractivity contribution in [1.82, 2.24) is 4.98 Å². The van der Waals surface area contributed by atoms with E-state index in [0.717, 1.165) is 62.9 Å². The molecule has 5 nitrogen and oxygen atoms in total. The number of carbonyl (C=O) groups is 1. The second kappa shape index (κ2) is 7.87. The van der Waals surface area contributed by atoms with Crippen LogP contribution in [0.5, 0.6) is 5.75 Å². The van der Waals surface area contributed by atoms with Gasteiger partial charge in [0.25, 0.3) is 0 Å². The van der Waals surface area contributed by atoms with Crippen LogP contribution in [0.1, 0.15) is 43.7 Å². The molecule has 1 aliphatic heterocycles. The van der Waals surface area contributed by atoms with Gasteiger partial charge in [-0.25, -0.2) is 4.79 Å². The van der Waals surface area contributed by atoms with Gasteiger partial charge < -0.3 is 14.6 Å². The average Bonchev–Trinajstić information content (AvgIpc) is 3.16. The van der Waals surface area contributed by atoms with Gasteiger partial charge in [-0.15, -0.1) is 11.3 Å². The molecule has 0 spiro atoms. The number of aryl methyl sites for hydroxylation is 1. The first-order chi connectivity index (χ1) is 15.3. The highest BCUT2D eigenvalue weighted by atomic mass is 32.1. The quantitative estimate of drug-likeness (QED) is 0.393. The van der Waals surface area contributed by atoms with Gasteiger partial charge >= 0.3 is 5.97 Å². The van der Waals surface area contributed by atoms with Crippen LogP contribution in [0.4, 0.5) is 0 Å². The van der Waals surface area contributed by atoms with E-state index in [4.69, 9.17) is 9.47 Å². The number of hydrogen-bond acceptors (Lipinski definition) is 5. The molecule has 2 aromatic carbocycles. The predicted octanol–water partition coefficient (Wildman–Crippen LogP) is 6.38. The minimum absolute atomic E-state index is 0.607. The monoisotopic (exact) mass is 447 g/mol. The molecule has 1 atom stereocenters. The summed E-state index contributed by atoms with van der Waals surface area (Å²) in [5, 5.41) is 12.2. The molecule has 0 bridgehead atoms. The summed E-state index contributed by atoms with van der Waals surface area (Å²) < 4.78 is 12.9. The third-order valence-corrected chi connectivity index (χ3v) is 6.79. The first-order valence-electron chi connectivity index (χ1n) is 10.8. The maximum atomic E-state index is 12.4. The van der Waals surface area contributed by atoms with E-state index in [9.17, 15) is 9.90 Å². The number of ether oxygens (including phenoxy) is 2. The van der Waals surface area contributed by atoms with E-state index >= 15 is 0 Å². The Labute approximate surface area is 190 Å². The molecule has 3 heterocycles. The highest BCUT2D eigenvalue weighted by Gasteiger charge is 2.32. The van der Waals surface area contributed by atoms with E-state index in [1.165, 1.54) is 11.3 Å². The molecule has 0 amide bonds. The molecule has 5 rings (SSSR count). The van der Waals surface area contributed by atoms with E-state index in [-0.39, 0.29) is 0 Å². The van der Waals surface area contributed by atoms with Gasteiger partial charge in [-0.3, -0.25) is 4.98 Å². The van der Waals surface area contributed by atoms with Crippen LogP contribution in [0.15, 0.2) is 48.7 Å². The zero-order valence-corrected chi connectivity index (χ0v) is 19.2. The van der Waals surface area contributed by atoms with Crippen LogP contribution in [0.3, 0.4) is 0 Å². The number of nitrogens with zero attached hydrogens (tertiary/aromatic N) is 1. The third kappa shape index (κ3) is 3.74. The molecule has 0 fully saturated rings. The van der Waals surface area contributed by atoms with Gasteiger partial charge in [0.05, 0.1) is 22.6 Å². The van der Waals surface area contributed by atoms with Crippen LogP contribution in [0.2, 0.25) is 0 Å². The van der Waals surface area contributed by atoms with E-state index in [1.807, 2.05) is 57.2 Å². The largest absolute Gasteiger partial charge is 0.493 e. The molecule has 6 heteroatoms. The van der Waals surface area contributed by atoms with Crippen LogP contribution >= 0.6 is 11.3 Å². The lowest BCUT2D eigenvalue weighted by Crippen LogP contribution is -2.27. The summed E-state index contributed by atoms with van der Waals surface area (Å²) in [5.41, 5.74) is 3.32. The normalized spacial score (nSPS) is 14.8. The Morgan fingerprint density at radius 1 is 1.22 bits per heavy atom. The minimum atomic E-state index is -1.07. The Morgan fingerprint density at radius 2 is 2.06 bits per heavy atom. The molecule has 164 valence electrons. The number of aromatic nitrogens is 1. The van der Waals surface area contributed by atoms with Crippen molar-refractivity contribution in [2.45, 2.75) is 45.3 Å². The van der Waals surface area contributed by atoms with E-state index in [2.05, 4.69) is 11.1 Å². The van der Waals surface area contributed by atoms with Crippen molar-refractivity contribution in [2.24, 2.45) is 0 Å². The van der Waals surface area contributed by atoms with Gasteiger partial charge in [-0.1, -0.05) is 12.1 Å². The summed E-state index contributed by atoms with van der Waals surface area (Å²) in [6.07, 6.45) is 2.64. The smallest absolute Gasteiger partial charge is 0.338 e. The van der Waals surface area contributed by atoms with Crippen molar-refractivity contribution < 1.29 is 19.4 Å². The van der Waals surface area contributed by atoms with Crippen molar-refractivity contribution in [3.63, 3.8) is 0 Å². The maximum Gasteiger partial charge on any atom is 0.338 e. The lowest BCUT2D eigenvalue weighted by Gasteiger charge is -2.25. The molecule has 0 aliphatic carbocycles. The summed E-state index contributed by atoms with van der Waals surface area (Å²) in [6.45, 7) is 6.37. The molecule has 32 heavy (non-hydrogen) atoms. The highest BCUT2D eigenvalue weighted by molar-refractivity contribution is 7.20. The number of hydrogen-bond donors (Lipinski definition) is 1.